The molecule has 1 saturated heterocycles. The van der Waals surface area contributed by atoms with E-state index in [1.54, 1.807) is 23.1 Å². The van der Waals surface area contributed by atoms with Crippen molar-refractivity contribution >= 4 is 28.5 Å². The lowest BCUT2D eigenvalue weighted by Crippen LogP contribution is -2.44. The van der Waals surface area contributed by atoms with Gasteiger partial charge in [-0.2, -0.15) is 0 Å². The lowest BCUT2D eigenvalue weighted by Gasteiger charge is -2.36. The van der Waals surface area contributed by atoms with Gasteiger partial charge < -0.3 is 10.1 Å². The molecule has 0 saturated carbocycles. The quantitative estimate of drug-likeness (QED) is 0.463. The Balaban J connectivity index is 1.55. The van der Waals surface area contributed by atoms with Gasteiger partial charge in [-0.3, -0.25) is 9.69 Å². The number of nitrogens with zero attached hydrogens (tertiary/aromatic N) is 2. The van der Waals surface area contributed by atoms with E-state index in [0.29, 0.717) is 17.7 Å². The zero-order valence-electron chi connectivity index (χ0n) is 16.8. The summed E-state index contributed by atoms with van der Waals surface area (Å²) in [7, 11) is 0. The zero-order valence-corrected chi connectivity index (χ0v) is 16.8. The summed E-state index contributed by atoms with van der Waals surface area (Å²) in [6.07, 6.45) is 0.372. The number of anilines is 1. The summed E-state index contributed by atoms with van der Waals surface area (Å²) >= 11 is 0. The number of amides is 3. The average molecular weight is 427 g/mol. The second-order valence-electron chi connectivity index (χ2n) is 8.12. The average Bonchev–Trinajstić information content (AvgIpc) is 3.28. The van der Waals surface area contributed by atoms with Crippen LogP contribution in [0.1, 0.15) is 22.9 Å². The van der Waals surface area contributed by atoms with Crippen LogP contribution >= 0.6 is 0 Å². The van der Waals surface area contributed by atoms with Crippen LogP contribution in [0.4, 0.5) is 14.9 Å². The van der Waals surface area contributed by atoms with Crippen molar-refractivity contribution in [2.75, 3.05) is 4.90 Å². The van der Waals surface area contributed by atoms with Gasteiger partial charge in [-0.05, 0) is 53.6 Å². The number of benzene rings is 3. The third-order valence-electron chi connectivity index (χ3n) is 6.32. The van der Waals surface area contributed by atoms with Crippen molar-refractivity contribution in [1.82, 2.24) is 9.88 Å². The number of halogens is 1. The molecule has 0 spiro atoms. The lowest BCUT2D eigenvalue weighted by atomic mass is 9.89. The molecule has 2 aliphatic rings. The highest BCUT2D eigenvalue weighted by molar-refractivity contribution is 6.22. The summed E-state index contributed by atoms with van der Waals surface area (Å²) < 4.78 is 13.4. The molecule has 0 aliphatic carbocycles. The number of carbonyl (C=O) groups excluding carboxylic acids is 2. The van der Waals surface area contributed by atoms with Crippen molar-refractivity contribution in [2.24, 2.45) is 0 Å². The van der Waals surface area contributed by atoms with Gasteiger partial charge in [0.1, 0.15) is 23.7 Å². The van der Waals surface area contributed by atoms with E-state index in [4.69, 9.17) is 0 Å². The summed E-state index contributed by atoms with van der Waals surface area (Å²) in [5.41, 5.74) is 3.77. The third kappa shape index (κ3) is 2.57. The van der Waals surface area contributed by atoms with Gasteiger partial charge in [-0.15, -0.1) is 0 Å². The largest absolute Gasteiger partial charge is 0.508 e. The van der Waals surface area contributed by atoms with Crippen molar-refractivity contribution in [3.8, 4) is 5.75 Å². The van der Waals surface area contributed by atoms with Crippen LogP contribution in [0.2, 0.25) is 0 Å². The number of hydrogen-bond acceptors (Lipinski definition) is 3. The van der Waals surface area contributed by atoms with Crippen molar-refractivity contribution < 1.29 is 19.1 Å². The number of aromatic hydroxyl groups is 1. The lowest BCUT2D eigenvalue weighted by molar-refractivity contribution is -0.120. The second kappa shape index (κ2) is 6.68. The molecule has 1 fully saturated rings. The van der Waals surface area contributed by atoms with Crippen LogP contribution < -0.4 is 4.90 Å². The van der Waals surface area contributed by atoms with Gasteiger partial charge in [-0.25, -0.2) is 14.1 Å². The Bertz CT molecular complexity index is 1400. The number of phenolic OH excluding ortho intramolecular Hbond substituents is 1. The Morgan fingerprint density at radius 3 is 2.53 bits per heavy atom. The zero-order chi connectivity index (χ0) is 22.0. The maximum atomic E-state index is 13.6. The number of H-pyrrole nitrogens is 1. The molecule has 0 unspecified atom stereocenters. The smallest absolute Gasteiger partial charge is 0.332 e. The molecule has 1 aromatic heterocycles. The highest BCUT2D eigenvalue weighted by Gasteiger charge is 2.53. The molecule has 2 N–H and O–H groups in total. The number of phenols is 1. The highest BCUT2D eigenvalue weighted by Crippen LogP contribution is 2.45. The summed E-state index contributed by atoms with van der Waals surface area (Å²) in [6, 6.07) is 18.1. The molecular formula is C25H18FN3O3. The van der Waals surface area contributed by atoms with Gasteiger partial charge in [0.2, 0.25) is 0 Å². The van der Waals surface area contributed by atoms with E-state index in [0.717, 1.165) is 27.1 Å². The van der Waals surface area contributed by atoms with Gasteiger partial charge in [0, 0.05) is 23.0 Å². The Hall–Kier alpha value is -4.13. The van der Waals surface area contributed by atoms with Crippen LogP contribution in [0.25, 0.3) is 10.9 Å². The number of imide groups is 1. The van der Waals surface area contributed by atoms with Crippen molar-refractivity contribution in [2.45, 2.75) is 18.5 Å². The number of para-hydroxylation sites is 1. The van der Waals surface area contributed by atoms with Gasteiger partial charge in [0.25, 0.3) is 5.91 Å². The molecule has 6 nitrogen and oxygen atoms in total. The summed E-state index contributed by atoms with van der Waals surface area (Å²) in [5, 5.41) is 11.1. The highest BCUT2D eigenvalue weighted by atomic mass is 19.1. The van der Waals surface area contributed by atoms with Gasteiger partial charge in [-0.1, -0.05) is 30.3 Å². The number of nitrogens with one attached hydrogen (secondary N) is 1. The topological polar surface area (TPSA) is 76.6 Å². The maximum Gasteiger partial charge on any atom is 0.332 e. The first-order valence-electron chi connectivity index (χ1n) is 10.3. The van der Waals surface area contributed by atoms with Crippen molar-refractivity contribution in [3.05, 3.63) is 95.4 Å². The standard InChI is InChI=1S/C25H18FN3O3/c26-15-8-10-16(11-9-15)28-24(31)21-13-19-18-6-1-2-7-20(18)27-22(19)23(29(21)25(28)32)14-4-3-5-17(30)12-14/h1-12,21,23,27,30H,13H2/t21-,23+/m0/s1. The van der Waals surface area contributed by atoms with Crippen LogP contribution in [-0.4, -0.2) is 33.0 Å². The summed E-state index contributed by atoms with van der Waals surface area (Å²) in [5.74, 6) is -0.706. The fourth-order valence-electron chi connectivity index (χ4n) is 4.94. The maximum absolute atomic E-state index is 13.6. The van der Waals surface area contributed by atoms with Gasteiger partial charge in [0.05, 0.1) is 5.69 Å². The first-order chi connectivity index (χ1) is 15.5. The van der Waals surface area contributed by atoms with Crippen LogP contribution in [0.5, 0.6) is 5.75 Å². The molecule has 3 amide bonds. The third-order valence-corrected chi connectivity index (χ3v) is 6.32. The van der Waals surface area contributed by atoms with E-state index >= 15 is 0 Å². The van der Waals surface area contributed by atoms with Gasteiger partial charge in [0.15, 0.2) is 0 Å². The monoisotopic (exact) mass is 427 g/mol. The summed E-state index contributed by atoms with van der Waals surface area (Å²) in [6.45, 7) is 0. The summed E-state index contributed by atoms with van der Waals surface area (Å²) in [4.78, 5) is 33.2. The second-order valence-corrected chi connectivity index (χ2v) is 8.12. The molecule has 158 valence electrons. The molecule has 4 aromatic rings. The minimum Gasteiger partial charge on any atom is -0.508 e. The molecule has 6 rings (SSSR count). The SMILES string of the molecule is O=C1[C@@H]2Cc3c([nH]c4ccccc34)[C@@H](c3cccc(O)c3)N2C(=O)N1c1ccc(F)cc1. The Labute approximate surface area is 182 Å². The number of aromatic amines is 1. The fraction of sp³-hybridized carbons (Fsp3) is 0.120. The van der Waals surface area contributed by atoms with Crippen LogP contribution in [0, 0.1) is 5.82 Å². The molecular weight excluding hydrogens is 409 g/mol. The molecule has 3 aromatic carbocycles. The van der Waals surface area contributed by atoms with E-state index in [2.05, 4.69) is 4.98 Å². The van der Waals surface area contributed by atoms with Crippen LogP contribution in [0.15, 0.2) is 72.8 Å². The van der Waals surface area contributed by atoms with Gasteiger partial charge >= 0.3 is 6.03 Å². The van der Waals surface area contributed by atoms with Crippen molar-refractivity contribution in [1.29, 1.82) is 0 Å². The number of hydrogen-bond donors (Lipinski definition) is 2. The predicted octanol–water partition coefficient (Wildman–Crippen LogP) is 4.50. The number of carbonyl (C=O) groups is 2. The molecule has 0 radical (unpaired) electrons. The Morgan fingerprint density at radius 2 is 1.75 bits per heavy atom. The number of rotatable bonds is 2. The fourth-order valence-corrected chi connectivity index (χ4v) is 4.94. The predicted molar refractivity (Wildman–Crippen MR) is 117 cm³/mol. The molecule has 32 heavy (non-hydrogen) atoms. The van der Waals surface area contributed by atoms with Crippen molar-refractivity contribution in [3.63, 3.8) is 0 Å². The van der Waals surface area contributed by atoms with E-state index in [9.17, 15) is 19.1 Å². The van der Waals surface area contributed by atoms with E-state index in [1.807, 2.05) is 30.3 Å². The first kappa shape index (κ1) is 18.6. The number of aromatic nitrogens is 1. The molecule has 3 heterocycles. The van der Waals surface area contributed by atoms with Crippen LogP contribution in [-0.2, 0) is 11.2 Å². The van der Waals surface area contributed by atoms with E-state index in [-0.39, 0.29) is 11.7 Å². The van der Waals surface area contributed by atoms with E-state index < -0.39 is 23.9 Å². The normalized spacial score (nSPS) is 20.0. The Kier molecular flexibility index (Phi) is 3.89. The molecule has 2 atom stereocenters. The molecule has 7 heteroatoms. The first-order valence-corrected chi connectivity index (χ1v) is 10.3. The van der Waals surface area contributed by atoms with Crippen LogP contribution in [0.3, 0.4) is 0 Å². The number of urea groups is 1. The molecule has 2 aliphatic heterocycles. The Morgan fingerprint density at radius 1 is 0.969 bits per heavy atom. The van der Waals surface area contributed by atoms with E-state index in [1.165, 1.54) is 24.3 Å². The number of fused-ring (bicyclic) bond motifs is 4. The minimum absolute atomic E-state index is 0.0793. The molecule has 0 bridgehead atoms. The minimum atomic E-state index is -0.702.